The SMILES string of the molecule is C=CC(=O)NCC(N)C(=O)CC(C)=O. The van der Waals surface area contributed by atoms with Gasteiger partial charge in [-0.2, -0.15) is 0 Å². The maximum atomic E-state index is 11.1. The molecule has 14 heavy (non-hydrogen) atoms. The number of carbonyl (C=O) groups is 3. The van der Waals surface area contributed by atoms with Crippen LogP contribution in [0.15, 0.2) is 12.7 Å². The molecule has 0 aliphatic carbocycles. The molecule has 0 radical (unpaired) electrons. The summed E-state index contributed by atoms with van der Waals surface area (Å²) >= 11 is 0. The summed E-state index contributed by atoms with van der Waals surface area (Å²) in [5.74, 6) is -1.00. The van der Waals surface area contributed by atoms with Crippen molar-refractivity contribution < 1.29 is 14.4 Å². The molecule has 5 nitrogen and oxygen atoms in total. The summed E-state index contributed by atoms with van der Waals surface area (Å²) in [6.07, 6.45) is 0.896. The molecule has 3 N–H and O–H groups in total. The van der Waals surface area contributed by atoms with E-state index in [1.54, 1.807) is 0 Å². The summed E-state index contributed by atoms with van der Waals surface area (Å²) in [7, 11) is 0. The lowest BCUT2D eigenvalue weighted by molar-refractivity contribution is -0.126. The minimum absolute atomic E-state index is 0.0248. The monoisotopic (exact) mass is 198 g/mol. The Kier molecular flexibility index (Phi) is 5.40. The second-order valence-electron chi connectivity index (χ2n) is 2.90. The van der Waals surface area contributed by atoms with Crippen LogP contribution < -0.4 is 11.1 Å². The summed E-state index contributed by atoms with van der Waals surface area (Å²) in [4.78, 5) is 32.4. The van der Waals surface area contributed by atoms with Crippen LogP contribution >= 0.6 is 0 Å². The van der Waals surface area contributed by atoms with Crippen LogP contribution in [0.5, 0.6) is 0 Å². The van der Waals surface area contributed by atoms with E-state index in [1.807, 2.05) is 0 Å². The molecule has 0 aromatic heterocycles. The fourth-order valence-corrected chi connectivity index (χ4v) is 0.773. The van der Waals surface area contributed by atoms with E-state index < -0.39 is 11.9 Å². The smallest absolute Gasteiger partial charge is 0.243 e. The minimum Gasteiger partial charge on any atom is -0.351 e. The van der Waals surface area contributed by atoms with Gasteiger partial charge in [0.05, 0.1) is 12.5 Å². The molecule has 0 bridgehead atoms. The molecule has 0 aliphatic rings. The molecular weight excluding hydrogens is 184 g/mol. The fraction of sp³-hybridized carbons (Fsp3) is 0.444. The third-order valence-electron chi connectivity index (χ3n) is 1.52. The van der Waals surface area contributed by atoms with Crippen molar-refractivity contribution in [3.63, 3.8) is 0 Å². The van der Waals surface area contributed by atoms with Crippen molar-refractivity contribution in [2.24, 2.45) is 5.73 Å². The number of rotatable bonds is 6. The van der Waals surface area contributed by atoms with Crippen LogP contribution in [0.4, 0.5) is 0 Å². The van der Waals surface area contributed by atoms with E-state index in [0.29, 0.717) is 0 Å². The second-order valence-corrected chi connectivity index (χ2v) is 2.90. The first-order valence-electron chi connectivity index (χ1n) is 4.15. The van der Waals surface area contributed by atoms with Gasteiger partial charge in [-0.3, -0.25) is 14.4 Å². The van der Waals surface area contributed by atoms with Crippen LogP contribution in [0, 0.1) is 0 Å². The maximum absolute atomic E-state index is 11.1. The molecule has 0 aromatic carbocycles. The lowest BCUT2D eigenvalue weighted by Crippen LogP contribution is -2.42. The molecule has 0 saturated carbocycles. The first-order valence-corrected chi connectivity index (χ1v) is 4.15. The minimum atomic E-state index is -0.831. The Morgan fingerprint density at radius 1 is 1.50 bits per heavy atom. The summed E-state index contributed by atoms with van der Waals surface area (Å²) < 4.78 is 0. The zero-order valence-electron chi connectivity index (χ0n) is 8.08. The zero-order valence-corrected chi connectivity index (χ0v) is 8.08. The van der Waals surface area contributed by atoms with E-state index in [9.17, 15) is 14.4 Å². The largest absolute Gasteiger partial charge is 0.351 e. The van der Waals surface area contributed by atoms with Crippen molar-refractivity contribution >= 4 is 17.5 Å². The van der Waals surface area contributed by atoms with Gasteiger partial charge in [0.25, 0.3) is 0 Å². The molecule has 1 unspecified atom stereocenters. The van der Waals surface area contributed by atoms with E-state index >= 15 is 0 Å². The first kappa shape index (κ1) is 12.5. The molecule has 0 heterocycles. The van der Waals surface area contributed by atoms with Gasteiger partial charge < -0.3 is 11.1 Å². The third-order valence-corrected chi connectivity index (χ3v) is 1.52. The van der Waals surface area contributed by atoms with Gasteiger partial charge in [-0.05, 0) is 13.0 Å². The molecule has 0 saturated heterocycles. The van der Waals surface area contributed by atoms with Crippen molar-refractivity contribution in [2.45, 2.75) is 19.4 Å². The highest BCUT2D eigenvalue weighted by molar-refractivity contribution is 6.00. The fourth-order valence-electron chi connectivity index (χ4n) is 0.773. The highest BCUT2D eigenvalue weighted by Gasteiger charge is 2.15. The Morgan fingerprint density at radius 2 is 2.07 bits per heavy atom. The number of hydrogen-bond donors (Lipinski definition) is 2. The Labute approximate surface area is 82.3 Å². The van der Waals surface area contributed by atoms with Crippen molar-refractivity contribution in [1.29, 1.82) is 0 Å². The van der Waals surface area contributed by atoms with E-state index in [1.165, 1.54) is 6.92 Å². The number of nitrogens with one attached hydrogen (secondary N) is 1. The van der Waals surface area contributed by atoms with Gasteiger partial charge in [-0.25, -0.2) is 0 Å². The van der Waals surface area contributed by atoms with Gasteiger partial charge in [-0.1, -0.05) is 6.58 Å². The molecule has 0 fully saturated rings. The molecule has 0 aromatic rings. The van der Waals surface area contributed by atoms with Crippen LogP contribution in [-0.4, -0.2) is 30.1 Å². The molecule has 0 spiro atoms. The van der Waals surface area contributed by atoms with Gasteiger partial charge in [0.15, 0.2) is 5.78 Å². The summed E-state index contributed by atoms with van der Waals surface area (Å²) in [6.45, 7) is 4.58. The van der Waals surface area contributed by atoms with E-state index in [4.69, 9.17) is 5.73 Å². The maximum Gasteiger partial charge on any atom is 0.243 e. The van der Waals surface area contributed by atoms with E-state index in [-0.39, 0.29) is 24.5 Å². The molecular formula is C9H14N2O3. The van der Waals surface area contributed by atoms with Crippen molar-refractivity contribution in [3.05, 3.63) is 12.7 Å². The molecule has 1 amide bonds. The quantitative estimate of drug-likeness (QED) is 0.430. The van der Waals surface area contributed by atoms with Gasteiger partial charge in [-0.15, -0.1) is 0 Å². The standard InChI is InChI=1S/C9H14N2O3/c1-3-9(14)11-5-7(10)8(13)4-6(2)12/h3,7H,1,4-5,10H2,2H3,(H,11,14). The van der Waals surface area contributed by atoms with Crippen molar-refractivity contribution in [2.75, 3.05) is 6.54 Å². The lowest BCUT2D eigenvalue weighted by Gasteiger charge is -2.09. The van der Waals surface area contributed by atoms with Crippen molar-refractivity contribution in [3.8, 4) is 0 Å². The van der Waals surface area contributed by atoms with E-state index in [0.717, 1.165) is 6.08 Å². The van der Waals surface area contributed by atoms with Crippen LogP contribution in [-0.2, 0) is 14.4 Å². The Hall–Kier alpha value is -1.49. The highest BCUT2D eigenvalue weighted by Crippen LogP contribution is 1.89. The molecule has 78 valence electrons. The average molecular weight is 198 g/mol. The molecule has 0 aliphatic heterocycles. The first-order chi connectivity index (χ1) is 6.47. The van der Waals surface area contributed by atoms with Crippen LogP contribution in [0.1, 0.15) is 13.3 Å². The average Bonchev–Trinajstić information content (AvgIpc) is 2.12. The highest BCUT2D eigenvalue weighted by atomic mass is 16.2. The van der Waals surface area contributed by atoms with Gasteiger partial charge in [0, 0.05) is 6.54 Å². The van der Waals surface area contributed by atoms with Crippen LogP contribution in [0.25, 0.3) is 0 Å². The number of ketones is 2. The molecule has 5 heteroatoms. The predicted molar refractivity (Wildman–Crippen MR) is 51.5 cm³/mol. The molecule has 1 atom stereocenters. The van der Waals surface area contributed by atoms with Crippen LogP contribution in [0.2, 0.25) is 0 Å². The van der Waals surface area contributed by atoms with E-state index in [2.05, 4.69) is 11.9 Å². The molecule has 0 rings (SSSR count). The summed E-state index contributed by atoms with van der Waals surface area (Å²) in [5, 5.41) is 2.37. The second kappa shape index (κ2) is 6.04. The number of nitrogens with two attached hydrogens (primary N) is 1. The number of Topliss-reactive ketones (excluding diaryl/α,β-unsaturated/α-hetero) is 2. The number of amides is 1. The van der Waals surface area contributed by atoms with Gasteiger partial charge in [0.1, 0.15) is 5.78 Å². The normalized spacial score (nSPS) is 11.6. The lowest BCUT2D eigenvalue weighted by atomic mass is 10.1. The van der Waals surface area contributed by atoms with Gasteiger partial charge >= 0.3 is 0 Å². The Morgan fingerprint density at radius 3 is 2.50 bits per heavy atom. The zero-order chi connectivity index (χ0) is 11.1. The van der Waals surface area contributed by atoms with Crippen LogP contribution in [0.3, 0.4) is 0 Å². The summed E-state index contributed by atoms with van der Waals surface area (Å²) in [5.41, 5.74) is 5.42. The summed E-state index contributed by atoms with van der Waals surface area (Å²) in [6, 6.07) is -0.831. The third kappa shape index (κ3) is 5.21. The predicted octanol–water partition coefficient (Wildman–Crippen LogP) is -0.836. The van der Waals surface area contributed by atoms with Gasteiger partial charge in [0.2, 0.25) is 5.91 Å². The Bertz CT molecular complexity index is 261. The number of carbonyl (C=O) groups excluding carboxylic acids is 3. The Balaban J connectivity index is 3.89. The number of hydrogen-bond acceptors (Lipinski definition) is 4. The van der Waals surface area contributed by atoms with Crippen molar-refractivity contribution in [1.82, 2.24) is 5.32 Å². The topological polar surface area (TPSA) is 89.3 Å².